The Balaban J connectivity index is 2.38. The highest BCUT2D eigenvalue weighted by Gasteiger charge is 2.14. The molecule has 0 heterocycles. The molecular weight excluding hydrogens is 336 g/mol. The zero-order valence-corrected chi connectivity index (χ0v) is 11.9. The van der Waals surface area contributed by atoms with Gasteiger partial charge in [-0.3, -0.25) is 0 Å². The molecule has 2 nitrogen and oxygen atoms in total. The highest BCUT2D eigenvalue weighted by molar-refractivity contribution is 9.10. The first-order valence-corrected chi connectivity index (χ1v) is 6.40. The normalized spacial score (nSPS) is 10.3. The second-order valence-electron chi connectivity index (χ2n) is 3.69. The van der Waals surface area contributed by atoms with Gasteiger partial charge in [-0.1, -0.05) is 34.2 Å². The van der Waals surface area contributed by atoms with Gasteiger partial charge in [0.2, 0.25) is 0 Å². The Hall–Kier alpha value is -1.53. The molecule has 19 heavy (non-hydrogen) atoms. The van der Waals surface area contributed by atoms with Crippen LogP contribution in [-0.2, 0) is 0 Å². The van der Waals surface area contributed by atoms with Gasteiger partial charge in [-0.2, -0.15) is 0 Å². The molecule has 0 spiro atoms. The van der Waals surface area contributed by atoms with Crippen LogP contribution in [-0.4, -0.2) is 4.99 Å². The summed E-state index contributed by atoms with van der Waals surface area (Å²) in [7, 11) is 0. The minimum absolute atomic E-state index is 0.0770. The predicted molar refractivity (Wildman–Crippen MR) is 76.5 cm³/mol. The number of rotatable bonds is 3. The largest absolute Gasteiger partial charge is 0.451 e. The Morgan fingerprint density at radius 1 is 1.16 bits per heavy atom. The van der Waals surface area contributed by atoms with E-state index in [1.54, 1.807) is 24.3 Å². The smallest absolute Gasteiger partial charge is 0.198 e. The van der Waals surface area contributed by atoms with E-state index in [0.29, 0.717) is 5.75 Å². The fraction of sp³-hybridized carbons (Fsp3) is 0. The van der Waals surface area contributed by atoms with Gasteiger partial charge in [0.15, 0.2) is 17.4 Å². The maximum atomic E-state index is 13.8. The summed E-state index contributed by atoms with van der Waals surface area (Å²) in [5.74, 6) is -1.89. The van der Waals surface area contributed by atoms with Gasteiger partial charge in [-0.25, -0.2) is 8.78 Å². The summed E-state index contributed by atoms with van der Waals surface area (Å²) in [6.07, 6.45) is 0. The van der Waals surface area contributed by atoms with Crippen LogP contribution in [0, 0.1) is 11.6 Å². The van der Waals surface area contributed by atoms with Gasteiger partial charge in [0.1, 0.15) is 10.7 Å². The summed E-state index contributed by atoms with van der Waals surface area (Å²) in [4.78, 5) is -0.0770. The lowest BCUT2D eigenvalue weighted by molar-refractivity contribution is 0.407. The van der Waals surface area contributed by atoms with E-state index in [0.717, 1.165) is 16.6 Å². The number of ether oxygens (including phenoxy) is 1. The summed E-state index contributed by atoms with van der Waals surface area (Å²) in [5, 5.41) is 0. The molecule has 98 valence electrons. The predicted octanol–water partition coefficient (Wildman–Crippen LogP) is 4.15. The molecule has 0 saturated carbocycles. The van der Waals surface area contributed by atoms with Crippen LogP contribution in [0.15, 0.2) is 40.9 Å². The summed E-state index contributed by atoms with van der Waals surface area (Å²) in [6, 6.07) is 8.73. The van der Waals surface area contributed by atoms with Crippen molar-refractivity contribution in [3.05, 3.63) is 58.1 Å². The molecule has 2 aromatic carbocycles. The molecule has 0 atom stereocenters. The zero-order chi connectivity index (χ0) is 14.0. The third kappa shape index (κ3) is 3.27. The fourth-order valence-corrected chi connectivity index (χ4v) is 1.94. The molecule has 0 aliphatic rings. The van der Waals surface area contributed by atoms with E-state index in [-0.39, 0.29) is 10.6 Å². The molecule has 0 radical (unpaired) electrons. The van der Waals surface area contributed by atoms with Crippen LogP contribution in [0.5, 0.6) is 11.5 Å². The van der Waals surface area contributed by atoms with E-state index in [4.69, 9.17) is 10.5 Å². The third-order valence-corrected chi connectivity index (χ3v) is 3.03. The van der Waals surface area contributed by atoms with Crippen molar-refractivity contribution in [3.63, 3.8) is 0 Å². The Labute approximate surface area is 122 Å². The molecule has 0 unspecified atom stereocenters. The first-order chi connectivity index (χ1) is 8.97. The van der Waals surface area contributed by atoms with Gasteiger partial charge in [0, 0.05) is 10.0 Å². The summed E-state index contributed by atoms with van der Waals surface area (Å²) < 4.78 is 33.5. The average Bonchev–Trinajstić information content (AvgIpc) is 2.33. The van der Waals surface area contributed by atoms with E-state index in [9.17, 15) is 8.78 Å². The van der Waals surface area contributed by atoms with Crippen molar-refractivity contribution in [2.24, 2.45) is 5.73 Å². The topological polar surface area (TPSA) is 35.2 Å². The minimum Gasteiger partial charge on any atom is -0.451 e. The van der Waals surface area contributed by atoms with E-state index in [1.165, 1.54) is 0 Å². The molecule has 0 fully saturated rings. The van der Waals surface area contributed by atoms with Crippen LogP contribution in [0.4, 0.5) is 8.78 Å². The van der Waals surface area contributed by atoms with E-state index in [1.807, 2.05) is 0 Å². The van der Waals surface area contributed by atoms with E-state index < -0.39 is 17.4 Å². The maximum Gasteiger partial charge on any atom is 0.198 e. The highest BCUT2D eigenvalue weighted by Crippen LogP contribution is 2.29. The van der Waals surface area contributed by atoms with Crippen LogP contribution >= 0.6 is 28.1 Å². The Morgan fingerprint density at radius 3 is 2.32 bits per heavy atom. The molecule has 0 amide bonds. The summed E-state index contributed by atoms with van der Waals surface area (Å²) in [5.41, 5.74) is 5.44. The number of thiocarbonyl (C=S) groups is 1. The van der Waals surface area contributed by atoms with E-state index in [2.05, 4.69) is 28.1 Å². The third-order valence-electron chi connectivity index (χ3n) is 2.30. The van der Waals surface area contributed by atoms with Gasteiger partial charge in [0.05, 0.1) is 0 Å². The lowest BCUT2D eigenvalue weighted by Gasteiger charge is -2.09. The number of hydrogen-bond acceptors (Lipinski definition) is 2. The van der Waals surface area contributed by atoms with Crippen molar-refractivity contribution in [1.29, 1.82) is 0 Å². The van der Waals surface area contributed by atoms with Gasteiger partial charge in [-0.05, 0) is 30.3 Å². The van der Waals surface area contributed by atoms with Crippen molar-refractivity contribution in [2.75, 3.05) is 0 Å². The Morgan fingerprint density at radius 2 is 1.79 bits per heavy atom. The van der Waals surface area contributed by atoms with Crippen LogP contribution in [0.25, 0.3) is 0 Å². The SMILES string of the molecule is NC(=S)c1cc(F)c(Oc2cccc(Br)c2)c(F)c1. The van der Waals surface area contributed by atoms with Crippen molar-refractivity contribution < 1.29 is 13.5 Å². The molecule has 0 saturated heterocycles. The molecule has 0 bridgehead atoms. The Bertz CT molecular complexity index is 625. The lowest BCUT2D eigenvalue weighted by atomic mass is 10.2. The summed E-state index contributed by atoms with van der Waals surface area (Å²) in [6.45, 7) is 0. The van der Waals surface area contributed by atoms with Gasteiger partial charge >= 0.3 is 0 Å². The standard InChI is InChI=1S/C13H8BrF2NOS/c14-8-2-1-3-9(6-8)18-12-10(15)4-7(13(17)19)5-11(12)16/h1-6H,(H2,17,19). The first kappa shape index (κ1) is 13.9. The minimum atomic E-state index is -0.859. The number of halogens is 3. The van der Waals surface area contributed by atoms with Crippen LogP contribution in [0.3, 0.4) is 0 Å². The average molecular weight is 344 g/mol. The summed E-state index contributed by atoms with van der Waals surface area (Å²) >= 11 is 7.91. The molecule has 0 aromatic heterocycles. The molecule has 6 heteroatoms. The zero-order valence-electron chi connectivity index (χ0n) is 9.49. The second kappa shape index (κ2) is 5.63. The molecule has 2 rings (SSSR count). The van der Waals surface area contributed by atoms with Crippen LogP contribution in [0.1, 0.15) is 5.56 Å². The van der Waals surface area contributed by atoms with E-state index >= 15 is 0 Å². The number of nitrogens with two attached hydrogens (primary N) is 1. The molecule has 0 aliphatic carbocycles. The van der Waals surface area contributed by atoms with Crippen molar-refractivity contribution in [2.45, 2.75) is 0 Å². The van der Waals surface area contributed by atoms with Gasteiger partial charge in [-0.15, -0.1) is 0 Å². The lowest BCUT2D eigenvalue weighted by Crippen LogP contribution is -2.10. The van der Waals surface area contributed by atoms with Crippen LogP contribution in [0.2, 0.25) is 0 Å². The van der Waals surface area contributed by atoms with Crippen molar-refractivity contribution >= 4 is 33.1 Å². The first-order valence-electron chi connectivity index (χ1n) is 5.19. The Kier molecular flexibility index (Phi) is 4.11. The second-order valence-corrected chi connectivity index (χ2v) is 5.05. The number of benzene rings is 2. The molecular formula is C13H8BrF2NOS. The molecule has 2 N–H and O–H groups in total. The quantitative estimate of drug-likeness (QED) is 0.850. The van der Waals surface area contributed by atoms with Gasteiger partial charge < -0.3 is 10.5 Å². The number of hydrogen-bond donors (Lipinski definition) is 1. The van der Waals surface area contributed by atoms with Crippen molar-refractivity contribution in [3.8, 4) is 11.5 Å². The van der Waals surface area contributed by atoms with Gasteiger partial charge in [0.25, 0.3) is 0 Å². The van der Waals surface area contributed by atoms with Crippen molar-refractivity contribution in [1.82, 2.24) is 0 Å². The molecule has 0 aliphatic heterocycles. The highest BCUT2D eigenvalue weighted by atomic mass is 79.9. The fourth-order valence-electron chi connectivity index (χ4n) is 1.45. The monoisotopic (exact) mass is 343 g/mol. The van der Waals surface area contributed by atoms with Crippen LogP contribution < -0.4 is 10.5 Å². The molecule has 2 aromatic rings. The maximum absolute atomic E-state index is 13.8.